The van der Waals surface area contributed by atoms with Crippen LogP contribution in [0.25, 0.3) is 0 Å². The minimum Gasteiger partial charge on any atom is -0.373 e. The largest absolute Gasteiger partial charge is 0.373 e. The molecule has 1 aromatic rings. The van der Waals surface area contributed by atoms with Crippen molar-refractivity contribution in [2.24, 2.45) is 5.73 Å². The standard InChI is InChI=1S/C15H23N3O2.2ClH/c1-11-8-18(9-12(2)20-11)10-13-5-3-4-6-14(13)17-15(19)7-16;;/h3-6,11-12H,7-10,16H2,1-2H3,(H,17,19);2*1H. The van der Waals surface area contributed by atoms with Crippen molar-refractivity contribution in [2.75, 3.05) is 25.0 Å². The zero-order chi connectivity index (χ0) is 14.5. The van der Waals surface area contributed by atoms with Gasteiger partial charge in [-0.2, -0.15) is 0 Å². The van der Waals surface area contributed by atoms with Gasteiger partial charge in [0.1, 0.15) is 0 Å². The molecule has 1 aliphatic heterocycles. The first kappa shape index (κ1) is 21.1. The third-order valence-corrected chi connectivity index (χ3v) is 3.37. The number of nitrogens with one attached hydrogen (secondary N) is 1. The molecule has 1 aromatic carbocycles. The molecule has 0 spiro atoms. The quantitative estimate of drug-likeness (QED) is 0.872. The fraction of sp³-hybridized carbons (Fsp3) is 0.533. The Hall–Kier alpha value is -0.850. The highest BCUT2D eigenvalue weighted by molar-refractivity contribution is 5.92. The first-order valence-electron chi connectivity index (χ1n) is 7.04. The summed E-state index contributed by atoms with van der Waals surface area (Å²) in [5.74, 6) is -0.166. The van der Waals surface area contributed by atoms with E-state index in [0.29, 0.717) is 0 Å². The third-order valence-electron chi connectivity index (χ3n) is 3.37. The molecule has 126 valence electrons. The number of hydrogen-bond donors (Lipinski definition) is 2. The molecule has 0 aromatic heterocycles. The highest BCUT2D eigenvalue weighted by Crippen LogP contribution is 2.20. The Morgan fingerprint density at radius 3 is 2.45 bits per heavy atom. The monoisotopic (exact) mass is 349 g/mol. The summed E-state index contributed by atoms with van der Waals surface area (Å²) in [4.78, 5) is 13.8. The maximum atomic E-state index is 11.5. The highest BCUT2D eigenvalue weighted by Gasteiger charge is 2.22. The van der Waals surface area contributed by atoms with Gasteiger partial charge in [-0.05, 0) is 25.5 Å². The van der Waals surface area contributed by atoms with Gasteiger partial charge in [0.15, 0.2) is 0 Å². The summed E-state index contributed by atoms with van der Waals surface area (Å²) < 4.78 is 5.74. The lowest BCUT2D eigenvalue weighted by Crippen LogP contribution is -2.44. The molecule has 7 heteroatoms. The number of ether oxygens (including phenoxy) is 1. The van der Waals surface area contributed by atoms with E-state index >= 15 is 0 Å². The van der Waals surface area contributed by atoms with Crippen LogP contribution in [0, 0.1) is 0 Å². The molecular formula is C15H25Cl2N3O2. The van der Waals surface area contributed by atoms with Crippen LogP contribution in [0.3, 0.4) is 0 Å². The molecule has 1 aliphatic rings. The second kappa shape index (κ2) is 10.0. The Bertz CT molecular complexity index is 464. The molecule has 22 heavy (non-hydrogen) atoms. The van der Waals surface area contributed by atoms with Crippen LogP contribution in [0.4, 0.5) is 5.69 Å². The van der Waals surface area contributed by atoms with E-state index < -0.39 is 0 Å². The van der Waals surface area contributed by atoms with E-state index in [1.807, 2.05) is 24.3 Å². The van der Waals surface area contributed by atoms with Crippen LogP contribution in [-0.2, 0) is 16.1 Å². The van der Waals surface area contributed by atoms with Crippen LogP contribution in [0.2, 0.25) is 0 Å². The summed E-state index contributed by atoms with van der Waals surface area (Å²) in [6.45, 7) is 6.79. The molecule has 1 fully saturated rings. The van der Waals surface area contributed by atoms with Crippen LogP contribution in [0.15, 0.2) is 24.3 Å². The summed E-state index contributed by atoms with van der Waals surface area (Å²) in [6, 6.07) is 7.86. The number of hydrogen-bond acceptors (Lipinski definition) is 4. The van der Waals surface area contributed by atoms with Crippen molar-refractivity contribution in [3.63, 3.8) is 0 Å². The Morgan fingerprint density at radius 2 is 1.86 bits per heavy atom. The Morgan fingerprint density at radius 1 is 1.27 bits per heavy atom. The number of rotatable bonds is 4. The van der Waals surface area contributed by atoms with Gasteiger partial charge in [0, 0.05) is 25.3 Å². The summed E-state index contributed by atoms with van der Waals surface area (Å²) >= 11 is 0. The number of nitrogens with two attached hydrogens (primary N) is 1. The number of benzene rings is 1. The van der Waals surface area contributed by atoms with Crippen molar-refractivity contribution in [1.29, 1.82) is 0 Å². The fourth-order valence-corrected chi connectivity index (χ4v) is 2.64. The molecular weight excluding hydrogens is 325 g/mol. The lowest BCUT2D eigenvalue weighted by atomic mass is 10.1. The van der Waals surface area contributed by atoms with Gasteiger partial charge in [0.25, 0.3) is 0 Å². The summed E-state index contributed by atoms with van der Waals surface area (Å²) in [5, 5.41) is 2.85. The van der Waals surface area contributed by atoms with E-state index in [0.717, 1.165) is 30.9 Å². The summed E-state index contributed by atoms with van der Waals surface area (Å²) in [7, 11) is 0. The predicted octanol–water partition coefficient (Wildman–Crippen LogP) is 2.04. The van der Waals surface area contributed by atoms with E-state index in [9.17, 15) is 4.79 Å². The molecule has 0 bridgehead atoms. The molecule has 5 nitrogen and oxygen atoms in total. The van der Waals surface area contributed by atoms with Gasteiger partial charge in [-0.3, -0.25) is 9.69 Å². The van der Waals surface area contributed by atoms with Gasteiger partial charge in [-0.25, -0.2) is 0 Å². The van der Waals surface area contributed by atoms with Crippen LogP contribution in [-0.4, -0.2) is 42.6 Å². The summed E-state index contributed by atoms with van der Waals surface area (Å²) in [6.07, 6.45) is 0.481. The molecule has 1 saturated heterocycles. The highest BCUT2D eigenvalue weighted by atomic mass is 35.5. The minimum atomic E-state index is -0.166. The number of para-hydroxylation sites is 1. The normalized spacial score (nSPS) is 21.4. The van der Waals surface area contributed by atoms with Crippen molar-refractivity contribution in [1.82, 2.24) is 4.90 Å². The zero-order valence-corrected chi connectivity index (χ0v) is 14.6. The molecule has 0 radical (unpaired) electrons. The first-order valence-corrected chi connectivity index (χ1v) is 7.04. The lowest BCUT2D eigenvalue weighted by molar-refractivity contribution is -0.114. The number of morpholine rings is 1. The van der Waals surface area contributed by atoms with Crippen LogP contribution in [0.5, 0.6) is 0 Å². The smallest absolute Gasteiger partial charge is 0.238 e. The van der Waals surface area contributed by atoms with E-state index in [1.54, 1.807) is 0 Å². The number of carbonyl (C=O) groups excluding carboxylic acids is 1. The van der Waals surface area contributed by atoms with Gasteiger partial charge in [0.05, 0.1) is 18.8 Å². The van der Waals surface area contributed by atoms with Crippen molar-refractivity contribution in [3.8, 4) is 0 Å². The maximum Gasteiger partial charge on any atom is 0.238 e. The maximum absolute atomic E-state index is 11.5. The average molecular weight is 350 g/mol. The Kier molecular flexibility index (Phi) is 9.64. The molecule has 2 atom stereocenters. The van der Waals surface area contributed by atoms with Crippen LogP contribution < -0.4 is 11.1 Å². The molecule has 0 aliphatic carbocycles. The van der Waals surface area contributed by atoms with Crippen molar-refractivity contribution < 1.29 is 9.53 Å². The number of carbonyl (C=O) groups is 1. The minimum absolute atomic E-state index is 0. The van der Waals surface area contributed by atoms with Gasteiger partial charge < -0.3 is 15.8 Å². The van der Waals surface area contributed by atoms with Gasteiger partial charge in [-0.1, -0.05) is 18.2 Å². The SMILES string of the molecule is CC1CN(Cc2ccccc2NC(=O)CN)CC(C)O1.Cl.Cl. The van der Waals surface area contributed by atoms with Gasteiger partial charge >= 0.3 is 0 Å². The molecule has 2 unspecified atom stereocenters. The number of amides is 1. The second-order valence-electron chi connectivity index (χ2n) is 5.36. The van der Waals surface area contributed by atoms with E-state index in [2.05, 4.69) is 24.1 Å². The van der Waals surface area contributed by atoms with Crippen LogP contribution >= 0.6 is 24.8 Å². The van der Waals surface area contributed by atoms with Crippen molar-refractivity contribution in [3.05, 3.63) is 29.8 Å². The number of halogens is 2. The molecule has 1 heterocycles. The van der Waals surface area contributed by atoms with E-state index in [4.69, 9.17) is 10.5 Å². The molecule has 1 amide bonds. The first-order chi connectivity index (χ1) is 9.58. The van der Waals surface area contributed by atoms with Gasteiger partial charge in [0.2, 0.25) is 5.91 Å². The fourth-order valence-electron chi connectivity index (χ4n) is 2.64. The van der Waals surface area contributed by atoms with Crippen LogP contribution in [0.1, 0.15) is 19.4 Å². The molecule has 3 N–H and O–H groups in total. The number of anilines is 1. The van der Waals surface area contributed by atoms with Gasteiger partial charge in [-0.15, -0.1) is 24.8 Å². The topological polar surface area (TPSA) is 67.6 Å². The molecule has 2 rings (SSSR count). The zero-order valence-electron chi connectivity index (χ0n) is 13.0. The van der Waals surface area contributed by atoms with Crippen molar-refractivity contribution in [2.45, 2.75) is 32.6 Å². The predicted molar refractivity (Wildman–Crippen MR) is 93.9 cm³/mol. The molecule has 0 saturated carbocycles. The average Bonchev–Trinajstić information content (AvgIpc) is 2.39. The van der Waals surface area contributed by atoms with E-state index in [1.165, 1.54) is 0 Å². The number of nitrogens with zero attached hydrogens (tertiary/aromatic N) is 1. The van der Waals surface area contributed by atoms with Crippen molar-refractivity contribution >= 4 is 36.4 Å². The Balaban J connectivity index is 0.00000220. The Labute approximate surface area is 144 Å². The lowest BCUT2D eigenvalue weighted by Gasteiger charge is -2.35. The van der Waals surface area contributed by atoms with E-state index in [-0.39, 0.29) is 49.5 Å². The summed E-state index contributed by atoms with van der Waals surface area (Å²) in [5.41, 5.74) is 7.30. The third kappa shape index (κ3) is 6.10. The second-order valence-corrected chi connectivity index (χ2v) is 5.36.